The Labute approximate surface area is 116 Å². The van der Waals surface area contributed by atoms with Gasteiger partial charge in [-0.05, 0) is 44.7 Å². The van der Waals surface area contributed by atoms with Gasteiger partial charge in [0.05, 0.1) is 19.3 Å². The average molecular weight is 268 g/mol. The molecule has 4 heteroatoms. The summed E-state index contributed by atoms with van der Waals surface area (Å²) in [7, 11) is 0. The monoisotopic (exact) mass is 268 g/mol. The lowest BCUT2D eigenvalue weighted by molar-refractivity contribution is 0.0397. The molecule has 0 aliphatic carbocycles. The highest BCUT2D eigenvalue weighted by Crippen LogP contribution is 2.05. The molecule has 4 nitrogen and oxygen atoms in total. The van der Waals surface area contributed by atoms with Crippen molar-refractivity contribution in [1.29, 1.82) is 0 Å². The van der Waals surface area contributed by atoms with Crippen LogP contribution in [0.5, 0.6) is 0 Å². The molecular formula is C15H28N2O2. The molecule has 0 amide bonds. The SMILES string of the molecule is Cc1ccc(C)n1NCC(O)COCCCC(C)C. The Balaban J connectivity index is 2.13. The van der Waals surface area contributed by atoms with Crippen LogP contribution in [0.25, 0.3) is 0 Å². The van der Waals surface area contributed by atoms with Gasteiger partial charge >= 0.3 is 0 Å². The number of aryl methyl sites for hydroxylation is 2. The highest BCUT2D eigenvalue weighted by molar-refractivity contribution is 5.15. The lowest BCUT2D eigenvalue weighted by Crippen LogP contribution is -2.30. The first-order valence-electron chi connectivity index (χ1n) is 7.15. The van der Waals surface area contributed by atoms with E-state index in [2.05, 4.69) is 31.4 Å². The molecule has 2 N–H and O–H groups in total. The van der Waals surface area contributed by atoms with E-state index in [0.717, 1.165) is 30.3 Å². The zero-order chi connectivity index (χ0) is 14.3. The summed E-state index contributed by atoms with van der Waals surface area (Å²) < 4.78 is 7.47. The maximum atomic E-state index is 9.84. The molecule has 0 saturated heterocycles. The van der Waals surface area contributed by atoms with Gasteiger partial charge in [0.1, 0.15) is 0 Å². The maximum Gasteiger partial charge on any atom is 0.0961 e. The molecule has 0 radical (unpaired) electrons. The van der Waals surface area contributed by atoms with E-state index >= 15 is 0 Å². The second kappa shape index (κ2) is 8.23. The Bertz CT molecular complexity index is 342. The molecule has 0 spiro atoms. The third-order valence-corrected chi connectivity index (χ3v) is 3.14. The first-order valence-corrected chi connectivity index (χ1v) is 7.15. The zero-order valence-electron chi connectivity index (χ0n) is 12.6. The van der Waals surface area contributed by atoms with Crippen molar-refractivity contribution in [3.8, 4) is 0 Å². The molecule has 110 valence electrons. The lowest BCUT2D eigenvalue weighted by atomic mass is 10.1. The molecule has 1 unspecified atom stereocenters. The Morgan fingerprint density at radius 2 is 1.89 bits per heavy atom. The van der Waals surface area contributed by atoms with E-state index in [0.29, 0.717) is 13.2 Å². The standard InChI is InChI=1S/C15H28N2O2/c1-12(2)6-5-9-19-11-15(18)10-16-17-13(3)7-8-14(17)4/h7-8,12,15-16,18H,5-6,9-11H2,1-4H3. The molecule has 1 heterocycles. The number of nitrogens with one attached hydrogen (secondary N) is 1. The second-order valence-corrected chi connectivity index (χ2v) is 5.58. The van der Waals surface area contributed by atoms with Crippen molar-refractivity contribution < 1.29 is 9.84 Å². The van der Waals surface area contributed by atoms with Crippen LogP contribution in [0.4, 0.5) is 0 Å². The fourth-order valence-electron chi connectivity index (χ4n) is 1.99. The molecule has 0 fully saturated rings. The van der Waals surface area contributed by atoms with Crippen LogP contribution < -0.4 is 5.43 Å². The maximum absolute atomic E-state index is 9.84. The Morgan fingerprint density at radius 1 is 1.26 bits per heavy atom. The van der Waals surface area contributed by atoms with Gasteiger partial charge in [0.15, 0.2) is 0 Å². The van der Waals surface area contributed by atoms with Crippen molar-refractivity contribution >= 4 is 0 Å². The summed E-state index contributed by atoms with van der Waals surface area (Å²) in [6.45, 7) is 10.1. The largest absolute Gasteiger partial charge is 0.389 e. The number of rotatable bonds is 9. The number of hydrogen-bond donors (Lipinski definition) is 2. The molecule has 1 atom stereocenters. The topological polar surface area (TPSA) is 46.4 Å². The van der Waals surface area contributed by atoms with Crippen molar-refractivity contribution in [2.24, 2.45) is 5.92 Å². The summed E-state index contributed by atoms with van der Waals surface area (Å²) in [6, 6.07) is 4.11. The molecular weight excluding hydrogens is 240 g/mol. The highest BCUT2D eigenvalue weighted by Gasteiger charge is 2.06. The normalized spacial score (nSPS) is 12.9. The Hall–Kier alpha value is -1.00. The van der Waals surface area contributed by atoms with Gasteiger partial charge < -0.3 is 15.3 Å². The van der Waals surface area contributed by atoms with Crippen molar-refractivity contribution in [2.45, 2.75) is 46.6 Å². The molecule has 0 aliphatic rings. The van der Waals surface area contributed by atoms with Gasteiger partial charge in [0, 0.05) is 18.0 Å². The number of hydrogen-bond acceptors (Lipinski definition) is 3. The third kappa shape index (κ3) is 6.12. The van der Waals surface area contributed by atoms with Crippen LogP contribution in [0.2, 0.25) is 0 Å². The van der Waals surface area contributed by atoms with E-state index in [4.69, 9.17) is 4.74 Å². The zero-order valence-corrected chi connectivity index (χ0v) is 12.6. The summed E-state index contributed by atoms with van der Waals surface area (Å²) in [6.07, 6.45) is 1.77. The van der Waals surface area contributed by atoms with E-state index in [-0.39, 0.29) is 0 Å². The van der Waals surface area contributed by atoms with Crippen LogP contribution >= 0.6 is 0 Å². The fourth-order valence-corrected chi connectivity index (χ4v) is 1.99. The molecule has 0 bridgehead atoms. The van der Waals surface area contributed by atoms with Gasteiger partial charge in [-0.25, -0.2) is 0 Å². The van der Waals surface area contributed by atoms with Crippen LogP contribution in [0.15, 0.2) is 12.1 Å². The van der Waals surface area contributed by atoms with E-state index in [1.807, 2.05) is 18.5 Å². The molecule has 19 heavy (non-hydrogen) atoms. The molecule has 0 saturated carbocycles. The number of nitrogens with zero attached hydrogens (tertiary/aromatic N) is 1. The number of ether oxygens (including phenoxy) is 1. The highest BCUT2D eigenvalue weighted by atomic mass is 16.5. The minimum atomic E-state index is -0.472. The fraction of sp³-hybridized carbons (Fsp3) is 0.733. The van der Waals surface area contributed by atoms with Gasteiger partial charge in [0.2, 0.25) is 0 Å². The van der Waals surface area contributed by atoms with E-state index in [9.17, 15) is 5.11 Å². The molecule has 1 rings (SSSR count). The quantitative estimate of drug-likeness (QED) is 0.676. The summed E-state index contributed by atoms with van der Waals surface area (Å²) >= 11 is 0. The summed E-state index contributed by atoms with van der Waals surface area (Å²) in [5, 5.41) is 9.84. The first kappa shape index (κ1) is 16.1. The summed E-state index contributed by atoms with van der Waals surface area (Å²) in [5.74, 6) is 0.717. The summed E-state index contributed by atoms with van der Waals surface area (Å²) in [4.78, 5) is 0. The van der Waals surface area contributed by atoms with Crippen LogP contribution in [0.3, 0.4) is 0 Å². The second-order valence-electron chi connectivity index (χ2n) is 5.58. The number of aliphatic hydroxyl groups is 1. The van der Waals surface area contributed by atoms with Crippen LogP contribution in [-0.4, -0.2) is 35.6 Å². The molecule has 0 aliphatic heterocycles. The van der Waals surface area contributed by atoms with Crippen molar-refractivity contribution in [1.82, 2.24) is 4.68 Å². The first-order chi connectivity index (χ1) is 9.00. The number of aliphatic hydroxyl groups excluding tert-OH is 1. The van der Waals surface area contributed by atoms with E-state index < -0.39 is 6.10 Å². The van der Waals surface area contributed by atoms with Gasteiger partial charge in [-0.3, -0.25) is 4.68 Å². The van der Waals surface area contributed by atoms with Crippen molar-refractivity contribution in [2.75, 3.05) is 25.2 Å². The predicted octanol–water partition coefficient (Wildman–Crippen LogP) is 2.46. The molecule has 1 aromatic rings. The van der Waals surface area contributed by atoms with Crippen LogP contribution in [0.1, 0.15) is 38.1 Å². The van der Waals surface area contributed by atoms with Gasteiger partial charge in [-0.2, -0.15) is 0 Å². The minimum Gasteiger partial charge on any atom is -0.389 e. The number of aromatic nitrogens is 1. The van der Waals surface area contributed by atoms with Crippen LogP contribution in [0, 0.1) is 19.8 Å². The predicted molar refractivity (Wildman–Crippen MR) is 79.0 cm³/mol. The smallest absolute Gasteiger partial charge is 0.0961 e. The third-order valence-electron chi connectivity index (χ3n) is 3.14. The van der Waals surface area contributed by atoms with Gasteiger partial charge in [-0.15, -0.1) is 0 Å². The van der Waals surface area contributed by atoms with Gasteiger partial charge in [-0.1, -0.05) is 13.8 Å². The molecule has 1 aromatic heterocycles. The molecule has 0 aromatic carbocycles. The lowest BCUT2D eigenvalue weighted by Gasteiger charge is -2.16. The van der Waals surface area contributed by atoms with Gasteiger partial charge in [0.25, 0.3) is 0 Å². The van der Waals surface area contributed by atoms with Crippen molar-refractivity contribution in [3.05, 3.63) is 23.5 Å². The van der Waals surface area contributed by atoms with Crippen LogP contribution in [-0.2, 0) is 4.74 Å². The van der Waals surface area contributed by atoms with E-state index in [1.165, 1.54) is 6.42 Å². The Morgan fingerprint density at radius 3 is 2.47 bits per heavy atom. The average Bonchev–Trinajstić information content (AvgIpc) is 2.66. The van der Waals surface area contributed by atoms with E-state index in [1.54, 1.807) is 0 Å². The summed E-state index contributed by atoms with van der Waals surface area (Å²) in [5.41, 5.74) is 5.49. The van der Waals surface area contributed by atoms with Crippen molar-refractivity contribution in [3.63, 3.8) is 0 Å². The minimum absolute atomic E-state index is 0.393. The Kier molecular flexibility index (Phi) is 6.95.